The number of anilines is 5. The summed E-state index contributed by atoms with van der Waals surface area (Å²) in [5.41, 5.74) is 1.70. The molecule has 1 fully saturated rings. The lowest BCUT2D eigenvalue weighted by atomic mass is 10.0. The van der Waals surface area contributed by atoms with Crippen molar-refractivity contribution in [3.05, 3.63) is 58.8 Å². The number of carbonyl (C=O) groups is 2. The number of rotatable bonds is 12. The highest BCUT2D eigenvalue weighted by Gasteiger charge is 2.37. The van der Waals surface area contributed by atoms with E-state index in [1.807, 2.05) is 0 Å². The first-order chi connectivity index (χ1) is 23.3. The predicted molar refractivity (Wildman–Crippen MR) is 178 cm³/mol. The van der Waals surface area contributed by atoms with Gasteiger partial charge in [0.1, 0.15) is 17.1 Å². The zero-order valence-corrected chi connectivity index (χ0v) is 28.8. The molecule has 2 N–H and O–H groups in total. The Kier molecular flexibility index (Phi) is 10.7. The summed E-state index contributed by atoms with van der Waals surface area (Å²) in [6, 6.07) is 8.21. The van der Waals surface area contributed by atoms with Crippen LogP contribution in [-0.4, -0.2) is 85.1 Å². The Hall–Kier alpha value is -4.40. The summed E-state index contributed by atoms with van der Waals surface area (Å²) in [7, 11) is -0.365. The van der Waals surface area contributed by atoms with Gasteiger partial charge in [0.05, 0.1) is 43.4 Å². The van der Waals surface area contributed by atoms with E-state index in [2.05, 4.69) is 25.5 Å². The van der Waals surface area contributed by atoms with Crippen molar-refractivity contribution < 1.29 is 41.1 Å². The molecule has 0 bridgehead atoms. The van der Waals surface area contributed by atoms with Crippen LogP contribution in [0, 0.1) is 0 Å². The average Bonchev–Trinajstić information content (AvgIpc) is 3.35. The molecule has 1 aromatic heterocycles. The summed E-state index contributed by atoms with van der Waals surface area (Å²) in [6.45, 7) is 7.78. The third-order valence-corrected chi connectivity index (χ3v) is 10.3. The van der Waals surface area contributed by atoms with Crippen LogP contribution in [0.5, 0.6) is 5.75 Å². The number of benzene rings is 2. The maximum absolute atomic E-state index is 14.2. The van der Waals surface area contributed by atoms with E-state index >= 15 is 0 Å². The van der Waals surface area contributed by atoms with Gasteiger partial charge in [0.25, 0.3) is 5.91 Å². The van der Waals surface area contributed by atoms with Crippen LogP contribution < -0.4 is 20.3 Å². The van der Waals surface area contributed by atoms with Crippen LogP contribution in [0.3, 0.4) is 0 Å². The third kappa shape index (κ3) is 7.92. The summed E-state index contributed by atoms with van der Waals surface area (Å²) < 4.78 is 71.9. The van der Waals surface area contributed by atoms with E-state index in [4.69, 9.17) is 13.8 Å². The van der Waals surface area contributed by atoms with Crippen molar-refractivity contribution in [1.82, 2.24) is 19.8 Å². The molecule has 3 heterocycles. The molecular weight excluding hydrogens is 666 g/mol. The molecule has 2 aromatic carbocycles. The molecule has 5 rings (SSSR count). The van der Waals surface area contributed by atoms with Crippen molar-refractivity contribution in [1.29, 1.82) is 0 Å². The number of nitrogens with zero attached hydrogens (tertiary/aromatic N) is 5. The van der Waals surface area contributed by atoms with Crippen molar-refractivity contribution >= 4 is 48.2 Å². The Bertz CT molecular complexity index is 1760. The minimum Gasteiger partial charge on any atom is -0.495 e. The van der Waals surface area contributed by atoms with E-state index in [-0.39, 0.29) is 54.9 Å². The van der Waals surface area contributed by atoms with E-state index in [1.54, 1.807) is 56.1 Å². The van der Waals surface area contributed by atoms with E-state index in [0.717, 1.165) is 5.69 Å². The quantitative estimate of drug-likeness (QED) is 0.214. The normalized spacial score (nSPS) is 15.0. The van der Waals surface area contributed by atoms with Gasteiger partial charge in [-0.25, -0.2) is 4.98 Å². The lowest BCUT2D eigenvalue weighted by Crippen LogP contribution is -2.48. The number of hydrogen-bond donors (Lipinski definition) is 2. The predicted octanol–water partition coefficient (Wildman–Crippen LogP) is 6.01. The highest BCUT2D eigenvalue weighted by molar-refractivity contribution is 7.53. The zero-order valence-electron chi connectivity index (χ0n) is 27.9. The Morgan fingerprint density at radius 3 is 2.31 bits per heavy atom. The molecule has 0 unspecified atom stereocenters. The maximum Gasteiger partial charge on any atom is 0.421 e. The number of piperazine rings is 1. The molecule has 2 aliphatic rings. The summed E-state index contributed by atoms with van der Waals surface area (Å²) in [5.74, 6) is -0.786. The standard InChI is InChI=1S/C32H39F3N7O6P/c1-6-47-49(45,48-7-2)19-21-8-9-24(27(16-21)46-5)38-31-36-17-23(32(33,34)35)29(39-31)37-25-10-11-26(22-18-40(4)30(44)28(22)25)42-14-12-41(13-15-42)20(3)43/h8-11,16-17H,6-7,12-15,18-19H2,1-5H3,(H2,36,37,38,39). The number of amides is 2. The van der Waals surface area contributed by atoms with Gasteiger partial charge < -0.3 is 39.1 Å². The summed E-state index contributed by atoms with van der Waals surface area (Å²) in [5, 5.41) is 5.68. The number of fused-ring (bicyclic) bond motifs is 1. The first-order valence-corrected chi connectivity index (χ1v) is 17.4. The van der Waals surface area contributed by atoms with Crippen LogP contribution in [0.1, 0.15) is 47.8 Å². The van der Waals surface area contributed by atoms with Gasteiger partial charge in [-0.3, -0.25) is 14.2 Å². The second kappa shape index (κ2) is 14.6. The molecule has 17 heteroatoms. The van der Waals surface area contributed by atoms with Crippen LogP contribution in [0.2, 0.25) is 0 Å². The molecule has 0 aliphatic carbocycles. The molecule has 13 nitrogen and oxygen atoms in total. The van der Waals surface area contributed by atoms with Crippen LogP contribution in [0.25, 0.3) is 0 Å². The largest absolute Gasteiger partial charge is 0.495 e. The molecular formula is C32H39F3N7O6P. The summed E-state index contributed by atoms with van der Waals surface area (Å²) in [6.07, 6.45) is -4.16. The number of carbonyl (C=O) groups excluding carboxylic acids is 2. The highest BCUT2D eigenvalue weighted by Crippen LogP contribution is 2.52. The Balaban J connectivity index is 1.45. The Morgan fingerprint density at radius 2 is 1.69 bits per heavy atom. The molecule has 0 atom stereocenters. The smallest absolute Gasteiger partial charge is 0.421 e. The number of halogens is 3. The fraction of sp³-hybridized carbons (Fsp3) is 0.438. The molecule has 1 saturated heterocycles. The van der Waals surface area contributed by atoms with Gasteiger partial charge in [0.2, 0.25) is 11.9 Å². The van der Waals surface area contributed by atoms with E-state index < -0.39 is 25.2 Å². The minimum absolute atomic E-state index is 0.0121. The topological polar surface area (TPSA) is 138 Å². The molecule has 2 amide bonds. The Labute approximate surface area is 282 Å². The molecule has 0 radical (unpaired) electrons. The monoisotopic (exact) mass is 705 g/mol. The fourth-order valence-corrected chi connectivity index (χ4v) is 7.57. The fourth-order valence-electron chi connectivity index (χ4n) is 5.88. The average molecular weight is 706 g/mol. The van der Waals surface area contributed by atoms with Crippen molar-refractivity contribution in [2.75, 3.05) is 69.1 Å². The van der Waals surface area contributed by atoms with E-state index in [1.165, 1.54) is 18.9 Å². The van der Waals surface area contributed by atoms with Crippen LogP contribution in [0.15, 0.2) is 36.5 Å². The number of methoxy groups -OCH3 is 1. The molecule has 2 aliphatic heterocycles. The SMILES string of the molecule is CCOP(=O)(Cc1ccc(Nc2ncc(C(F)(F)F)c(Nc3ccc(N4CCN(C(C)=O)CC4)c4c3C(=O)N(C)C4)n2)c(OC)c1)OCC. The number of ether oxygens (including phenoxy) is 1. The number of hydrogen-bond acceptors (Lipinski definition) is 11. The summed E-state index contributed by atoms with van der Waals surface area (Å²) >= 11 is 0. The lowest BCUT2D eigenvalue weighted by molar-refractivity contribution is -0.137. The molecule has 49 heavy (non-hydrogen) atoms. The van der Waals surface area contributed by atoms with Gasteiger partial charge in [0, 0.05) is 64.1 Å². The highest BCUT2D eigenvalue weighted by atomic mass is 31.2. The van der Waals surface area contributed by atoms with E-state index in [0.29, 0.717) is 54.9 Å². The van der Waals surface area contributed by atoms with Crippen LogP contribution in [0.4, 0.5) is 42.0 Å². The van der Waals surface area contributed by atoms with Gasteiger partial charge >= 0.3 is 13.8 Å². The molecule has 0 spiro atoms. The maximum atomic E-state index is 14.2. The minimum atomic E-state index is -4.81. The van der Waals surface area contributed by atoms with Crippen molar-refractivity contribution in [2.24, 2.45) is 0 Å². The van der Waals surface area contributed by atoms with Gasteiger partial charge in [0.15, 0.2) is 0 Å². The zero-order chi connectivity index (χ0) is 35.5. The van der Waals surface area contributed by atoms with Crippen LogP contribution in [-0.2, 0) is 37.3 Å². The first-order valence-electron chi connectivity index (χ1n) is 15.7. The Morgan fingerprint density at radius 1 is 1.02 bits per heavy atom. The third-order valence-electron chi connectivity index (χ3n) is 8.20. The molecule has 0 saturated carbocycles. The van der Waals surface area contributed by atoms with Crippen molar-refractivity contribution in [3.8, 4) is 5.75 Å². The van der Waals surface area contributed by atoms with Gasteiger partial charge in [-0.1, -0.05) is 6.07 Å². The first kappa shape index (κ1) is 35.9. The lowest BCUT2D eigenvalue weighted by Gasteiger charge is -2.36. The number of alkyl halides is 3. The van der Waals surface area contributed by atoms with Crippen molar-refractivity contribution in [3.63, 3.8) is 0 Å². The van der Waals surface area contributed by atoms with Crippen LogP contribution >= 0.6 is 7.60 Å². The van der Waals surface area contributed by atoms with Gasteiger partial charge in [-0.15, -0.1) is 0 Å². The number of nitrogens with one attached hydrogen (secondary N) is 2. The second-order valence-electron chi connectivity index (χ2n) is 11.5. The van der Waals surface area contributed by atoms with Gasteiger partial charge in [-0.05, 0) is 43.7 Å². The summed E-state index contributed by atoms with van der Waals surface area (Å²) in [4.78, 5) is 38.6. The van der Waals surface area contributed by atoms with Gasteiger partial charge in [-0.2, -0.15) is 18.2 Å². The number of aromatic nitrogens is 2. The molecule has 3 aromatic rings. The van der Waals surface area contributed by atoms with E-state index in [9.17, 15) is 27.3 Å². The molecule has 264 valence electrons. The van der Waals surface area contributed by atoms with Crippen molar-refractivity contribution in [2.45, 2.75) is 39.7 Å². The second-order valence-corrected chi connectivity index (χ2v) is 13.5.